The standard InChI is InChI=1S/C20H12BrClN2O2S/c1-12(25)26-19-7-2-13(9-17(19)21)8-15(10-23)20-24-18(11-27-20)14-3-5-16(22)6-4-14/h2-9,11H,1H3. The van der Waals surface area contributed by atoms with Crippen molar-refractivity contribution in [2.75, 3.05) is 0 Å². The third-order valence-corrected chi connectivity index (χ3v) is 5.26. The van der Waals surface area contributed by atoms with Crippen LogP contribution in [0.2, 0.25) is 5.02 Å². The van der Waals surface area contributed by atoms with Crippen molar-refractivity contribution >= 4 is 56.5 Å². The number of rotatable bonds is 4. The zero-order valence-corrected chi connectivity index (χ0v) is 17.2. The Balaban J connectivity index is 1.89. The minimum absolute atomic E-state index is 0.394. The number of carbonyl (C=O) groups is 1. The monoisotopic (exact) mass is 458 g/mol. The topological polar surface area (TPSA) is 63.0 Å². The van der Waals surface area contributed by atoms with Crippen molar-refractivity contribution in [3.63, 3.8) is 0 Å². The number of thiazole rings is 1. The molecule has 1 heterocycles. The molecule has 27 heavy (non-hydrogen) atoms. The van der Waals surface area contributed by atoms with Gasteiger partial charge in [0.1, 0.15) is 16.8 Å². The first-order chi connectivity index (χ1) is 13.0. The van der Waals surface area contributed by atoms with E-state index in [1.54, 1.807) is 36.4 Å². The number of benzene rings is 2. The van der Waals surface area contributed by atoms with E-state index in [0.717, 1.165) is 16.8 Å². The zero-order chi connectivity index (χ0) is 19.4. The minimum Gasteiger partial charge on any atom is -0.426 e. The van der Waals surface area contributed by atoms with Crippen molar-refractivity contribution in [3.05, 3.63) is 67.9 Å². The molecular weight excluding hydrogens is 448 g/mol. The molecule has 2 aromatic carbocycles. The average Bonchev–Trinajstić information content (AvgIpc) is 3.12. The largest absolute Gasteiger partial charge is 0.426 e. The van der Waals surface area contributed by atoms with E-state index in [-0.39, 0.29) is 0 Å². The van der Waals surface area contributed by atoms with E-state index in [1.165, 1.54) is 18.3 Å². The molecule has 1 aromatic heterocycles. The Bertz CT molecular complexity index is 1070. The highest BCUT2D eigenvalue weighted by molar-refractivity contribution is 9.10. The molecule has 0 atom stereocenters. The van der Waals surface area contributed by atoms with Crippen LogP contribution in [0.4, 0.5) is 0 Å². The summed E-state index contributed by atoms with van der Waals surface area (Å²) in [6.07, 6.45) is 1.74. The second-order valence-electron chi connectivity index (χ2n) is 5.50. The van der Waals surface area contributed by atoms with Crippen molar-refractivity contribution < 1.29 is 9.53 Å². The van der Waals surface area contributed by atoms with Crippen molar-refractivity contribution in [1.29, 1.82) is 5.26 Å². The molecule has 0 spiro atoms. The summed E-state index contributed by atoms with van der Waals surface area (Å²) in [6, 6.07) is 14.8. The molecule has 4 nitrogen and oxygen atoms in total. The van der Waals surface area contributed by atoms with Crippen LogP contribution in [0.5, 0.6) is 5.75 Å². The van der Waals surface area contributed by atoms with Crippen LogP contribution in [0, 0.1) is 11.3 Å². The van der Waals surface area contributed by atoms with Crippen LogP contribution in [-0.2, 0) is 4.79 Å². The van der Waals surface area contributed by atoms with Crippen LogP contribution in [0.15, 0.2) is 52.3 Å². The van der Waals surface area contributed by atoms with E-state index >= 15 is 0 Å². The molecule has 0 aliphatic heterocycles. The van der Waals surface area contributed by atoms with Gasteiger partial charge in [0.15, 0.2) is 0 Å². The fourth-order valence-electron chi connectivity index (χ4n) is 2.30. The highest BCUT2D eigenvalue weighted by Gasteiger charge is 2.10. The highest BCUT2D eigenvalue weighted by Crippen LogP contribution is 2.30. The maximum atomic E-state index is 11.1. The molecule has 0 radical (unpaired) electrons. The molecular formula is C20H12BrClN2O2S. The SMILES string of the molecule is CC(=O)Oc1ccc(C=C(C#N)c2nc(-c3ccc(Cl)cc3)cs2)cc1Br. The van der Waals surface area contributed by atoms with Gasteiger partial charge < -0.3 is 4.74 Å². The number of hydrogen-bond donors (Lipinski definition) is 0. The summed E-state index contributed by atoms with van der Waals surface area (Å²) in [6.45, 7) is 1.34. The number of halogens is 2. The Morgan fingerprint density at radius 3 is 2.67 bits per heavy atom. The molecule has 3 rings (SSSR count). The van der Waals surface area contributed by atoms with Gasteiger partial charge in [-0.05, 0) is 51.8 Å². The van der Waals surface area contributed by atoms with E-state index in [2.05, 4.69) is 27.0 Å². The average molecular weight is 460 g/mol. The summed E-state index contributed by atoms with van der Waals surface area (Å²) in [5.74, 6) is 0.0339. The Kier molecular flexibility index (Phi) is 6.07. The Hall–Kier alpha value is -2.46. The second-order valence-corrected chi connectivity index (χ2v) is 7.65. The van der Waals surface area contributed by atoms with Crippen LogP contribution in [0.25, 0.3) is 22.9 Å². The predicted molar refractivity (Wildman–Crippen MR) is 111 cm³/mol. The highest BCUT2D eigenvalue weighted by atomic mass is 79.9. The van der Waals surface area contributed by atoms with Gasteiger partial charge in [0, 0.05) is 22.9 Å². The Morgan fingerprint density at radius 2 is 2.04 bits per heavy atom. The lowest BCUT2D eigenvalue weighted by molar-refractivity contribution is -0.131. The van der Waals surface area contributed by atoms with E-state index in [4.69, 9.17) is 16.3 Å². The van der Waals surface area contributed by atoms with Crippen molar-refractivity contribution in [2.24, 2.45) is 0 Å². The summed E-state index contributed by atoms with van der Waals surface area (Å²) in [5.41, 5.74) is 2.97. The smallest absolute Gasteiger partial charge is 0.308 e. The predicted octanol–water partition coefficient (Wildman–Crippen LogP) is 6.22. The molecule has 3 aromatic rings. The van der Waals surface area contributed by atoms with Gasteiger partial charge in [-0.2, -0.15) is 5.26 Å². The van der Waals surface area contributed by atoms with Gasteiger partial charge in [0.05, 0.1) is 15.7 Å². The van der Waals surface area contributed by atoms with E-state index in [0.29, 0.717) is 25.8 Å². The number of ether oxygens (including phenoxy) is 1. The third kappa shape index (κ3) is 4.83. The third-order valence-electron chi connectivity index (χ3n) is 3.52. The normalized spacial score (nSPS) is 11.1. The Morgan fingerprint density at radius 1 is 1.30 bits per heavy atom. The lowest BCUT2D eigenvalue weighted by atomic mass is 10.1. The lowest BCUT2D eigenvalue weighted by Crippen LogP contribution is -2.01. The maximum Gasteiger partial charge on any atom is 0.308 e. The fraction of sp³-hybridized carbons (Fsp3) is 0.0500. The van der Waals surface area contributed by atoms with Crippen LogP contribution < -0.4 is 4.74 Å². The number of hydrogen-bond acceptors (Lipinski definition) is 5. The first-order valence-corrected chi connectivity index (χ1v) is 9.83. The number of nitrogens with zero attached hydrogens (tertiary/aromatic N) is 2. The maximum absolute atomic E-state index is 11.1. The summed E-state index contributed by atoms with van der Waals surface area (Å²) in [4.78, 5) is 15.6. The van der Waals surface area contributed by atoms with Gasteiger partial charge >= 0.3 is 5.97 Å². The molecule has 0 saturated carbocycles. The number of allylic oxidation sites excluding steroid dienone is 1. The molecule has 0 bridgehead atoms. The number of aromatic nitrogens is 1. The van der Waals surface area contributed by atoms with Gasteiger partial charge in [-0.15, -0.1) is 11.3 Å². The number of carbonyl (C=O) groups excluding carboxylic acids is 1. The van der Waals surface area contributed by atoms with Crippen LogP contribution in [0.3, 0.4) is 0 Å². The zero-order valence-electron chi connectivity index (χ0n) is 14.1. The molecule has 0 fully saturated rings. The molecule has 0 saturated heterocycles. The van der Waals surface area contributed by atoms with Crippen LogP contribution in [-0.4, -0.2) is 11.0 Å². The molecule has 134 valence electrons. The molecule has 0 N–H and O–H groups in total. The summed E-state index contributed by atoms with van der Waals surface area (Å²) in [7, 11) is 0. The van der Waals surface area contributed by atoms with Gasteiger partial charge in [0.2, 0.25) is 0 Å². The minimum atomic E-state index is -0.394. The molecule has 0 aliphatic rings. The van der Waals surface area contributed by atoms with Gasteiger partial charge in [-0.25, -0.2) is 4.98 Å². The second kappa shape index (κ2) is 8.49. The quantitative estimate of drug-likeness (QED) is 0.264. The van der Waals surface area contributed by atoms with E-state index < -0.39 is 5.97 Å². The first kappa shape index (κ1) is 19.3. The van der Waals surface area contributed by atoms with Crippen LogP contribution >= 0.6 is 38.9 Å². The van der Waals surface area contributed by atoms with E-state index in [1.807, 2.05) is 17.5 Å². The molecule has 0 amide bonds. The van der Waals surface area contributed by atoms with Crippen molar-refractivity contribution in [3.8, 4) is 23.1 Å². The summed E-state index contributed by atoms with van der Waals surface area (Å²) >= 11 is 10.7. The first-order valence-electron chi connectivity index (χ1n) is 7.78. The molecule has 0 unspecified atom stereocenters. The van der Waals surface area contributed by atoms with Gasteiger partial charge in [-0.1, -0.05) is 29.8 Å². The van der Waals surface area contributed by atoms with Crippen molar-refractivity contribution in [2.45, 2.75) is 6.92 Å². The fourth-order valence-corrected chi connectivity index (χ4v) is 3.70. The van der Waals surface area contributed by atoms with Crippen molar-refractivity contribution in [1.82, 2.24) is 4.98 Å². The van der Waals surface area contributed by atoms with Crippen LogP contribution in [0.1, 0.15) is 17.5 Å². The number of nitriles is 1. The summed E-state index contributed by atoms with van der Waals surface area (Å²) < 4.78 is 5.71. The van der Waals surface area contributed by atoms with Gasteiger partial charge in [-0.3, -0.25) is 4.79 Å². The molecule has 7 heteroatoms. The molecule has 0 aliphatic carbocycles. The van der Waals surface area contributed by atoms with E-state index in [9.17, 15) is 10.1 Å². The lowest BCUT2D eigenvalue weighted by Gasteiger charge is -2.05. The van der Waals surface area contributed by atoms with Gasteiger partial charge in [0.25, 0.3) is 0 Å². The number of esters is 1. The Labute approximate surface area is 173 Å². The summed E-state index contributed by atoms with van der Waals surface area (Å²) in [5, 5.41) is 12.7.